The molecule has 0 spiro atoms. The number of guanidine groups is 1. The van der Waals surface area contributed by atoms with Gasteiger partial charge in [-0.05, 0) is 41.5 Å². The first-order chi connectivity index (χ1) is 12.9. The molecule has 1 unspecified atom stereocenters. The number of sulfonamides is 1. The normalized spacial score (nSPS) is 13.9. The number of nitrogens with one attached hydrogen (secondary N) is 3. The van der Waals surface area contributed by atoms with Gasteiger partial charge in [0.1, 0.15) is 9.88 Å². The van der Waals surface area contributed by atoms with E-state index in [-0.39, 0.29) is 18.6 Å². The lowest BCUT2D eigenvalue weighted by atomic mass is 10.1. The zero-order valence-corrected chi connectivity index (χ0v) is 19.2. The molecule has 0 aliphatic carbocycles. The molecule has 0 saturated carbocycles. The highest BCUT2D eigenvalue weighted by molar-refractivity contribution is 7.88. The number of aryl methyl sites for hydroxylation is 1. The number of aromatic nitrogens is 1. The number of carbonyl (C=O) groups is 1. The van der Waals surface area contributed by atoms with Gasteiger partial charge in [0, 0.05) is 12.1 Å². The van der Waals surface area contributed by atoms with Gasteiger partial charge in [0.25, 0.3) is 0 Å². The molecule has 0 amide bonds. The molecule has 28 heavy (non-hydrogen) atoms. The van der Waals surface area contributed by atoms with Crippen LogP contribution in [0.4, 0.5) is 0 Å². The summed E-state index contributed by atoms with van der Waals surface area (Å²) in [5.74, 6) is 0.161. The van der Waals surface area contributed by atoms with Crippen molar-refractivity contribution in [2.75, 3.05) is 26.0 Å². The molecule has 0 radical (unpaired) electrons. The number of carbonyl (C=O) groups excluding carboxylic acids is 1. The number of thiazole rings is 1. The van der Waals surface area contributed by atoms with E-state index in [4.69, 9.17) is 4.74 Å². The molecule has 0 fully saturated rings. The van der Waals surface area contributed by atoms with Crippen LogP contribution in [0.25, 0.3) is 0 Å². The van der Waals surface area contributed by atoms with Gasteiger partial charge >= 0.3 is 5.97 Å². The Balaban J connectivity index is 2.91. The summed E-state index contributed by atoms with van der Waals surface area (Å²) in [6.45, 7) is 12.1. The second kappa shape index (κ2) is 10.2. The fraction of sp³-hybridized carbons (Fsp3) is 0.706. The van der Waals surface area contributed by atoms with Crippen LogP contribution < -0.4 is 15.4 Å². The first-order valence-electron chi connectivity index (χ1n) is 9.06. The molecule has 1 atom stereocenters. The molecular weight excluding hydrogens is 402 g/mol. The Labute approximate surface area is 171 Å². The summed E-state index contributed by atoms with van der Waals surface area (Å²) in [6.07, 6.45) is 1.12. The Bertz CT molecular complexity index is 802. The molecule has 3 N–H and O–H groups in total. The van der Waals surface area contributed by atoms with Gasteiger partial charge in [0.05, 0.1) is 31.1 Å². The average Bonchev–Trinajstić information content (AvgIpc) is 2.93. The van der Waals surface area contributed by atoms with Crippen LogP contribution in [-0.2, 0) is 14.8 Å². The van der Waals surface area contributed by atoms with Crippen LogP contribution in [0.5, 0.6) is 0 Å². The van der Waals surface area contributed by atoms with Gasteiger partial charge in [-0.2, -0.15) is 0 Å². The van der Waals surface area contributed by atoms with Gasteiger partial charge in [0.2, 0.25) is 10.0 Å². The largest absolute Gasteiger partial charge is 0.462 e. The van der Waals surface area contributed by atoms with Crippen molar-refractivity contribution in [3.05, 3.63) is 15.6 Å². The number of esters is 1. The van der Waals surface area contributed by atoms with Crippen molar-refractivity contribution < 1.29 is 17.9 Å². The second-order valence-electron chi connectivity index (χ2n) is 7.01. The molecule has 160 valence electrons. The van der Waals surface area contributed by atoms with E-state index in [0.717, 1.165) is 11.3 Å². The van der Waals surface area contributed by atoms with Crippen molar-refractivity contribution in [2.45, 2.75) is 53.1 Å². The number of nitrogens with zero attached hydrogens (tertiary/aromatic N) is 2. The molecule has 1 heterocycles. The highest BCUT2D eigenvalue weighted by Crippen LogP contribution is 2.24. The number of hydrogen-bond acceptors (Lipinski definition) is 7. The molecule has 0 saturated heterocycles. The molecular formula is C17H31N5O4S2. The lowest BCUT2D eigenvalue weighted by Gasteiger charge is -2.24. The summed E-state index contributed by atoms with van der Waals surface area (Å²) in [6, 6.07) is -0.198. The fourth-order valence-corrected chi connectivity index (χ4v) is 4.42. The lowest BCUT2D eigenvalue weighted by molar-refractivity contribution is 0.0531. The van der Waals surface area contributed by atoms with Gasteiger partial charge in [-0.25, -0.2) is 22.9 Å². The fourth-order valence-electron chi connectivity index (χ4n) is 2.39. The quantitative estimate of drug-likeness (QED) is 0.307. The summed E-state index contributed by atoms with van der Waals surface area (Å²) in [4.78, 5) is 21.4. The Morgan fingerprint density at radius 3 is 2.54 bits per heavy atom. The summed E-state index contributed by atoms with van der Waals surface area (Å²) in [5.41, 5.74) is -0.0962. The Morgan fingerprint density at radius 2 is 2.00 bits per heavy atom. The molecule has 0 aromatic carbocycles. The Hall–Kier alpha value is -1.72. The lowest BCUT2D eigenvalue weighted by Crippen LogP contribution is -2.47. The Morgan fingerprint density at radius 1 is 1.36 bits per heavy atom. The van der Waals surface area contributed by atoms with Crippen LogP contribution in [-0.4, -0.2) is 56.8 Å². The second-order valence-corrected chi connectivity index (χ2v) is 9.79. The molecule has 1 rings (SSSR count). The van der Waals surface area contributed by atoms with Crippen molar-refractivity contribution in [1.29, 1.82) is 0 Å². The number of aliphatic imine (C=N–C) groups is 1. The summed E-state index contributed by atoms with van der Waals surface area (Å²) >= 11 is 1.28. The van der Waals surface area contributed by atoms with Crippen LogP contribution in [0.1, 0.15) is 61.0 Å². The zero-order valence-electron chi connectivity index (χ0n) is 17.5. The molecule has 0 aliphatic rings. The third-order valence-electron chi connectivity index (χ3n) is 3.44. The molecule has 1 aromatic heterocycles. The van der Waals surface area contributed by atoms with Crippen LogP contribution in [0.2, 0.25) is 0 Å². The van der Waals surface area contributed by atoms with E-state index in [0.29, 0.717) is 29.7 Å². The minimum atomic E-state index is -3.34. The van der Waals surface area contributed by atoms with Crippen molar-refractivity contribution in [2.24, 2.45) is 4.99 Å². The van der Waals surface area contributed by atoms with Crippen LogP contribution in [0.15, 0.2) is 4.99 Å². The smallest absolute Gasteiger partial charge is 0.350 e. The minimum absolute atomic E-state index is 0.198. The molecule has 11 heteroatoms. The SMILES string of the molecule is CCNC(=NCC(C)(C)NS(C)(=O)=O)NC(C)c1nc(C)c(C(=O)OCC)s1. The highest BCUT2D eigenvalue weighted by atomic mass is 32.2. The maximum atomic E-state index is 12.0. The predicted octanol–water partition coefficient (Wildman–Crippen LogP) is 1.57. The Kier molecular flexibility index (Phi) is 8.83. The zero-order chi connectivity index (χ0) is 21.5. The van der Waals surface area contributed by atoms with E-state index in [2.05, 4.69) is 25.3 Å². The van der Waals surface area contributed by atoms with Gasteiger partial charge in [-0.3, -0.25) is 4.99 Å². The van der Waals surface area contributed by atoms with Crippen molar-refractivity contribution >= 4 is 33.3 Å². The van der Waals surface area contributed by atoms with Crippen molar-refractivity contribution in [3.8, 4) is 0 Å². The molecule has 1 aromatic rings. The summed E-state index contributed by atoms with van der Waals surface area (Å²) < 4.78 is 30.6. The maximum absolute atomic E-state index is 12.0. The maximum Gasteiger partial charge on any atom is 0.350 e. The monoisotopic (exact) mass is 433 g/mol. The van der Waals surface area contributed by atoms with Gasteiger partial charge in [0.15, 0.2) is 5.96 Å². The van der Waals surface area contributed by atoms with Crippen LogP contribution in [0.3, 0.4) is 0 Å². The third kappa shape index (κ3) is 8.11. The molecule has 0 bridgehead atoms. The van der Waals surface area contributed by atoms with Gasteiger partial charge in [-0.15, -0.1) is 11.3 Å². The number of ether oxygens (including phenoxy) is 1. The van der Waals surface area contributed by atoms with E-state index in [1.807, 2.05) is 13.8 Å². The van der Waals surface area contributed by atoms with Gasteiger partial charge in [-0.1, -0.05) is 0 Å². The van der Waals surface area contributed by atoms with Crippen molar-refractivity contribution in [1.82, 2.24) is 20.3 Å². The van der Waals surface area contributed by atoms with E-state index >= 15 is 0 Å². The van der Waals surface area contributed by atoms with E-state index in [9.17, 15) is 13.2 Å². The van der Waals surface area contributed by atoms with E-state index in [1.54, 1.807) is 27.7 Å². The van der Waals surface area contributed by atoms with Crippen LogP contribution in [0, 0.1) is 6.92 Å². The first-order valence-corrected chi connectivity index (χ1v) is 11.8. The third-order valence-corrected chi connectivity index (χ3v) is 5.68. The standard InChI is InChI=1S/C17H31N5O4S2/c1-8-18-16(19-10-17(5,6)22-28(7,24)25)21-12(4)14-20-11(3)13(27-14)15(23)26-9-2/h12,22H,8-10H2,1-7H3,(H2,18,19,21). The van der Waals surface area contributed by atoms with Gasteiger partial charge < -0.3 is 15.4 Å². The topological polar surface area (TPSA) is 122 Å². The summed E-state index contributed by atoms with van der Waals surface area (Å²) in [5, 5.41) is 7.10. The van der Waals surface area contributed by atoms with E-state index < -0.39 is 15.6 Å². The molecule has 0 aliphatic heterocycles. The van der Waals surface area contributed by atoms with Crippen LogP contribution >= 0.6 is 11.3 Å². The predicted molar refractivity (Wildman–Crippen MR) is 112 cm³/mol. The average molecular weight is 434 g/mol. The number of rotatable bonds is 9. The molecule has 9 nitrogen and oxygen atoms in total. The number of hydrogen-bond donors (Lipinski definition) is 3. The minimum Gasteiger partial charge on any atom is -0.462 e. The highest BCUT2D eigenvalue weighted by Gasteiger charge is 2.23. The van der Waals surface area contributed by atoms with E-state index in [1.165, 1.54) is 11.3 Å². The first kappa shape index (κ1) is 24.3. The van der Waals surface area contributed by atoms with Crippen molar-refractivity contribution in [3.63, 3.8) is 0 Å². The summed E-state index contributed by atoms with van der Waals surface area (Å²) in [7, 11) is -3.34.